The first-order chi connectivity index (χ1) is 8.50. The van der Waals surface area contributed by atoms with Gasteiger partial charge in [0, 0.05) is 34.1 Å². The second-order valence-corrected chi connectivity index (χ2v) is 7.06. The van der Waals surface area contributed by atoms with Crippen LogP contribution < -0.4 is 5.32 Å². The van der Waals surface area contributed by atoms with E-state index in [-0.39, 0.29) is 5.41 Å². The van der Waals surface area contributed by atoms with Crippen molar-refractivity contribution in [2.24, 2.45) is 11.3 Å². The Morgan fingerprint density at radius 3 is 2.89 bits per heavy atom. The number of nitrogens with one attached hydrogen (secondary N) is 1. The molecule has 1 aliphatic carbocycles. The van der Waals surface area contributed by atoms with Crippen LogP contribution in [0, 0.1) is 18.3 Å². The van der Waals surface area contributed by atoms with Gasteiger partial charge in [0.1, 0.15) is 0 Å². The van der Waals surface area contributed by atoms with Crippen LogP contribution in [0.15, 0.2) is 22.7 Å². The third-order valence-electron chi connectivity index (χ3n) is 4.60. The van der Waals surface area contributed by atoms with Crippen LogP contribution in [-0.4, -0.2) is 18.8 Å². The zero-order valence-electron chi connectivity index (χ0n) is 11.2. The van der Waals surface area contributed by atoms with Crippen LogP contribution in [0.1, 0.15) is 25.8 Å². The summed E-state index contributed by atoms with van der Waals surface area (Å²) in [4.78, 5) is 0. The molecule has 0 aromatic heterocycles. The summed E-state index contributed by atoms with van der Waals surface area (Å²) in [5.41, 5.74) is 2.78. The third kappa shape index (κ3) is 1.79. The highest BCUT2D eigenvalue weighted by molar-refractivity contribution is 9.10. The first-order valence-electron chi connectivity index (χ1n) is 6.64. The summed E-state index contributed by atoms with van der Waals surface area (Å²) in [5, 5.41) is 3.73. The van der Waals surface area contributed by atoms with Gasteiger partial charge >= 0.3 is 0 Å². The van der Waals surface area contributed by atoms with Gasteiger partial charge in [-0.25, -0.2) is 0 Å². The Kier molecular flexibility index (Phi) is 2.94. The fraction of sp³-hybridized carbons (Fsp3) is 0.600. The van der Waals surface area contributed by atoms with Gasteiger partial charge in [0.2, 0.25) is 0 Å². The second-order valence-electron chi connectivity index (χ2n) is 6.15. The summed E-state index contributed by atoms with van der Waals surface area (Å²) in [7, 11) is 0. The van der Waals surface area contributed by atoms with Crippen molar-refractivity contribution in [3.63, 3.8) is 0 Å². The van der Waals surface area contributed by atoms with Gasteiger partial charge in [-0.1, -0.05) is 29.8 Å². The summed E-state index contributed by atoms with van der Waals surface area (Å²) in [6, 6.07) is 6.96. The molecule has 3 atom stereocenters. The van der Waals surface area contributed by atoms with Gasteiger partial charge in [-0.15, -0.1) is 0 Å². The third-order valence-corrected chi connectivity index (χ3v) is 5.09. The molecule has 18 heavy (non-hydrogen) atoms. The van der Waals surface area contributed by atoms with Crippen LogP contribution in [0.2, 0.25) is 0 Å². The molecule has 0 bridgehead atoms. The number of anilines is 1. The molecule has 98 valence electrons. The van der Waals surface area contributed by atoms with Crippen LogP contribution in [0.4, 0.5) is 5.69 Å². The average molecular weight is 310 g/mol. The number of hydrogen-bond donors (Lipinski definition) is 1. The van der Waals surface area contributed by atoms with Gasteiger partial charge in [-0.2, -0.15) is 0 Å². The molecule has 1 saturated heterocycles. The summed E-state index contributed by atoms with van der Waals surface area (Å²) in [6.07, 6.45) is 1.65. The summed E-state index contributed by atoms with van der Waals surface area (Å²) in [5.74, 6) is 0.683. The van der Waals surface area contributed by atoms with Crippen molar-refractivity contribution in [3.8, 4) is 0 Å². The van der Waals surface area contributed by atoms with Crippen LogP contribution in [0.25, 0.3) is 0 Å². The monoisotopic (exact) mass is 309 g/mol. The molecule has 0 radical (unpaired) electrons. The van der Waals surface area contributed by atoms with Gasteiger partial charge in [0.05, 0.1) is 6.10 Å². The van der Waals surface area contributed by atoms with Crippen molar-refractivity contribution < 1.29 is 4.74 Å². The quantitative estimate of drug-likeness (QED) is 0.892. The van der Waals surface area contributed by atoms with Crippen LogP contribution >= 0.6 is 15.9 Å². The standard InChI is InChI=1S/C15H20BrNO/c1-9-8-10(16)4-5-12(9)17-13-11-6-7-18-14(11)15(13,2)3/h4-5,8,11,13-14,17H,6-7H2,1-3H3. The number of hydrogen-bond acceptors (Lipinski definition) is 2. The molecule has 1 aromatic rings. The molecule has 2 fully saturated rings. The minimum absolute atomic E-state index is 0.237. The summed E-state index contributed by atoms with van der Waals surface area (Å²) < 4.78 is 6.98. The molecule has 1 heterocycles. The van der Waals surface area contributed by atoms with E-state index in [2.05, 4.69) is 60.2 Å². The van der Waals surface area contributed by atoms with Gasteiger partial charge in [0.15, 0.2) is 0 Å². The number of aryl methyl sites for hydroxylation is 1. The van der Waals surface area contributed by atoms with Crippen molar-refractivity contribution in [3.05, 3.63) is 28.2 Å². The van der Waals surface area contributed by atoms with Gasteiger partial charge in [0.25, 0.3) is 0 Å². The molecule has 1 aromatic carbocycles. The SMILES string of the molecule is Cc1cc(Br)ccc1NC1C2CCOC2C1(C)C. The largest absolute Gasteiger partial charge is 0.381 e. The topological polar surface area (TPSA) is 21.3 Å². The van der Waals surface area contributed by atoms with Crippen molar-refractivity contribution in [2.45, 2.75) is 39.3 Å². The van der Waals surface area contributed by atoms with E-state index in [1.54, 1.807) is 0 Å². The molecule has 1 aliphatic heterocycles. The van der Waals surface area contributed by atoms with Crippen molar-refractivity contribution >= 4 is 21.6 Å². The Morgan fingerprint density at radius 1 is 1.39 bits per heavy atom. The van der Waals surface area contributed by atoms with Crippen LogP contribution in [-0.2, 0) is 4.74 Å². The molecule has 0 spiro atoms. The number of benzene rings is 1. The molecule has 3 unspecified atom stereocenters. The lowest BCUT2D eigenvalue weighted by Gasteiger charge is -2.55. The van der Waals surface area contributed by atoms with E-state index < -0.39 is 0 Å². The molecular weight excluding hydrogens is 290 g/mol. The first kappa shape index (κ1) is 12.5. The molecular formula is C15H20BrNO. The van der Waals surface area contributed by atoms with Crippen molar-refractivity contribution in [1.29, 1.82) is 0 Å². The highest BCUT2D eigenvalue weighted by atomic mass is 79.9. The minimum atomic E-state index is 0.237. The maximum Gasteiger partial charge on any atom is 0.0694 e. The fourth-order valence-electron chi connectivity index (χ4n) is 3.57. The zero-order chi connectivity index (χ0) is 12.9. The van der Waals surface area contributed by atoms with E-state index >= 15 is 0 Å². The number of fused-ring (bicyclic) bond motifs is 1. The maximum atomic E-state index is 5.84. The molecule has 2 aliphatic rings. The zero-order valence-corrected chi connectivity index (χ0v) is 12.8. The fourth-order valence-corrected chi connectivity index (χ4v) is 4.05. The average Bonchev–Trinajstić information content (AvgIpc) is 2.74. The normalized spacial score (nSPS) is 32.8. The number of ether oxygens (including phenoxy) is 1. The number of halogens is 1. The predicted octanol–water partition coefficient (Wildman–Crippen LogP) is 3.98. The Hall–Kier alpha value is -0.540. The Bertz CT molecular complexity index is 472. The number of rotatable bonds is 2. The Labute approximate surface area is 117 Å². The summed E-state index contributed by atoms with van der Waals surface area (Å²) >= 11 is 3.51. The highest BCUT2D eigenvalue weighted by Crippen LogP contribution is 2.53. The molecule has 3 heteroatoms. The van der Waals surface area contributed by atoms with E-state index in [9.17, 15) is 0 Å². The molecule has 0 amide bonds. The first-order valence-corrected chi connectivity index (χ1v) is 7.44. The minimum Gasteiger partial charge on any atom is -0.381 e. The van der Waals surface area contributed by atoms with Crippen LogP contribution in [0.3, 0.4) is 0 Å². The molecule has 3 rings (SSSR count). The van der Waals surface area contributed by atoms with Gasteiger partial charge < -0.3 is 10.1 Å². The van der Waals surface area contributed by atoms with E-state index in [0.717, 1.165) is 11.1 Å². The lowest BCUT2D eigenvalue weighted by Crippen LogP contribution is -2.63. The summed E-state index contributed by atoms with van der Waals surface area (Å²) in [6.45, 7) is 7.70. The highest BCUT2D eigenvalue weighted by Gasteiger charge is 2.59. The predicted molar refractivity (Wildman–Crippen MR) is 77.9 cm³/mol. The molecule has 2 nitrogen and oxygen atoms in total. The Morgan fingerprint density at radius 2 is 2.17 bits per heavy atom. The van der Waals surface area contributed by atoms with E-state index in [1.165, 1.54) is 17.7 Å². The van der Waals surface area contributed by atoms with E-state index in [4.69, 9.17) is 4.74 Å². The van der Waals surface area contributed by atoms with E-state index in [1.807, 2.05) is 0 Å². The molecule has 1 saturated carbocycles. The smallest absolute Gasteiger partial charge is 0.0694 e. The van der Waals surface area contributed by atoms with Gasteiger partial charge in [-0.3, -0.25) is 0 Å². The van der Waals surface area contributed by atoms with Crippen molar-refractivity contribution in [2.75, 3.05) is 11.9 Å². The van der Waals surface area contributed by atoms with E-state index in [0.29, 0.717) is 18.1 Å². The van der Waals surface area contributed by atoms with Crippen LogP contribution in [0.5, 0.6) is 0 Å². The Balaban J connectivity index is 1.80. The van der Waals surface area contributed by atoms with Gasteiger partial charge in [-0.05, 0) is 37.1 Å². The maximum absolute atomic E-state index is 5.84. The lowest BCUT2D eigenvalue weighted by molar-refractivity contribution is -0.0923. The molecule has 1 N–H and O–H groups in total. The lowest BCUT2D eigenvalue weighted by atomic mass is 9.57. The second kappa shape index (κ2) is 4.24. The van der Waals surface area contributed by atoms with Crippen molar-refractivity contribution in [1.82, 2.24) is 0 Å².